The van der Waals surface area contributed by atoms with Crippen LogP contribution in [0, 0.1) is 11.7 Å². The normalized spacial score (nSPS) is 23.5. The zero-order valence-electron chi connectivity index (χ0n) is 16.0. The number of nitrogens with two attached hydrogens (primary N) is 1. The third kappa shape index (κ3) is 5.43. The molecule has 2 aliphatic heterocycles. The van der Waals surface area contributed by atoms with Crippen LogP contribution in [0.1, 0.15) is 11.6 Å². The van der Waals surface area contributed by atoms with E-state index in [-0.39, 0.29) is 17.8 Å². The smallest absolute Gasteiger partial charge is 0.123 e. The van der Waals surface area contributed by atoms with E-state index in [1.807, 2.05) is 18.4 Å². The van der Waals surface area contributed by atoms with Crippen molar-refractivity contribution >= 4 is 6.21 Å². The van der Waals surface area contributed by atoms with Crippen LogP contribution in [0.4, 0.5) is 4.39 Å². The van der Waals surface area contributed by atoms with E-state index in [1.165, 1.54) is 12.1 Å². The summed E-state index contributed by atoms with van der Waals surface area (Å²) in [4.78, 5) is 2.35. The Morgan fingerprint density at radius 3 is 2.82 bits per heavy atom. The largest absolute Gasteiger partial charge is 0.386 e. The van der Waals surface area contributed by atoms with Gasteiger partial charge in [-0.15, -0.1) is 0 Å². The van der Waals surface area contributed by atoms with Crippen molar-refractivity contribution < 1.29 is 9.13 Å². The van der Waals surface area contributed by atoms with E-state index >= 15 is 0 Å². The van der Waals surface area contributed by atoms with E-state index < -0.39 is 0 Å². The van der Waals surface area contributed by atoms with Gasteiger partial charge in [0.2, 0.25) is 0 Å². The zero-order chi connectivity index (χ0) is 19.8. The Kier molecular flexibility index (Phi) is 7.22. The zero-order valence-corrected chi connectivity index (χ0v) is 16.0. The highest BCUT2D eigenvalue weighted by atomic mass is 19.1. The highest BCUT2D eigenvalue weighted by Crippen LogP contribution is 2.31. The second kappa shape index (κ2) is 10.1. The molecule has 3 rings (SSSR count). The molecule has 1 aromatic carbocycles. The average molecular weight is 385 g/mol. The quantitative estimate of drug-likeness (QED) is 0.596. The molecule has 7 heteroatoms. The lowest BCUT2D eigenvalue weighted by Crippen LogP contribution is -2.40. The number of hydrazone groups is 1. The predicted octanol–water partition coefficient (Wildman–Crippen LogP) is 1.91. The molecule has 2 aliphatic rings. The summed E-state index contributed by atoms with van der Waals surface area (Å²) < 4.78 is 18.6. The lowest BCUT2D eigenvalue weighted by atomic mass is 9.88. The fourth-order valence-electron chi connectivity index (χ4n) is 3.41. The number of hydrogen-bond acceptors (Lipinski definition) is 6. The topological polar surface area (TPSA) is 74.9 Å². The van der Waals surface area contributed by atoms with Crippen molar-refractivity contribution in [2.45, 2.75) is 6.04 Å². The summed E-state index contributed by atoms with van der Waals surface area (Å²) in [6.07, 6.45) is 7.43. The van der Waals surface area contributed by atoms with Gasteiger partial charge in [-0.05, 0) is 29.3 Å². The van der Waals surface area contributed by atoms with Gasteiger partial charge in [-0.25, -0.2) is 4.39 Å². The van der Waals surface area contributed by atoms with Gasteiger partial charge in [0.15, 0.2) is 0 Å². The number of nitrogens with one attached hydrogen (secondary N) is 2. The Bertz CT molecular complexity index is 738. The number of allylic oxidation sites excluding steroid dienone is 3. The summed E-state index contributed by atoms with van der Waals surface area (Å²) >= 11 is 0. The minimum atomic E-state index is -0.255. The van der Waals surface area contributed by atoms with Gasteiger partial charge in [0.25, 0.3) is 0 Å². The minimum Gasteiger partial charge on any atom is -0.386 e. The van der Waals surface area contributed by atoms with Crippen LogP contribution in [-0.2, 0) is 4.74 Å². The fraction of sp³-hybridized carbons (Fsp3) is 0.381. The van der Waals surface area contributed by atoms with E-state index in [1.54, 1.807) is 18.2 Å². The predicted molar refractivity (Wildman–Crippen MR) is 110 cm³/mol. The van der Waals surface area contributed by atoms with E-state index in [4.69, 9.17) is 10.5 Å². The standard InChI is InChI=1S/C21H28FN5O/c1-2-3-17(14-20(23)24-8-9-27-10-12-28-13-11-27)19-15-25-26-21(19)16-4-6-18(22)7-5-16/h2-7,14-15,19,21,24,26H,1,8-13,23H2/b17-3+,20-14+. The molecular formula is C21H28FN5O. The molecule has 0 aromatic heterocycles. The summed E-state index contributed by atoms with van der Waals surface area (Å²) in [7, 11) is 0. The van der Waals surface area contributed by atoms with E-state index in [2.05, 4.69) is 27.3 Å². The fourth-order valence-corrected chi connectivity index (χ4v) is 3.41. The van der Waals surface area contributed by atoms with Crippen molar-refractivity contribution in [2.75, 3.05) is 39.4 Å². The number of rotatable bonds is 8. The molecule has 2 heterocycles. The van der Waals surface area contributed by atoms with Crippen molar-refractivity contribution in [3.05, 3.63) is 71.8 Å². The summed E-state index contributed by atoms with van der Waals surface area (Å²) in [5.74, 6) is 0.317. The van der Waals surface area contributed by atoms with Crippen molar-refractivity contribution in [1.29, 1.82) is 0 Å². The molecule has 150 valence electrons. The van der Waals surface area contributed by atoms with Gasteiger partial charge < -0.3 is 21.2 Å². The van der Waals surface area contributed by atoms with Crippen molar-refractivity contribution in [2.24, 2.45) is 16.8 Å². The number of benzene rings is 1. The SMILES string of the molecule is C=C/C=C(\C=C(/N)NCCN1CCOCC1)C1C=NNC1c1ccc(F)cc1. The van der Waals surface area contributed by atoms with Gasteiger partial charge in [-0.2, -0.15) is 5.10 Å². The molecule has 0 saturated carbocycles. The van der Waals surface area contributed by atoms with E-state index in [9.17, 15) is 4.39 Å². The molecule has 1 aromatic rings. The summed E-state index contributed by atoms with van der Waals surface area (Å²) in [5, 5.41) is 7.50. The van der Waals surface area contributed by atoms with E-state index in [0.29, 0.717) is 5.82 Å². The maximum atomic E-state index is 13.3. The highest BCUT2D eigenvalue weighted by molar-refractivity contribution is 5.70. The minimum absolute atomic E-state index is 0.0249. The molecule has 0 bridgehead atoms. The highest BCUT2D eigenvalue weighted by Gasteiger charge is 2.28. The number of morpholine rings is 1. The Hall–Kier alpha value is -2.64. The Morgan fingerprint density at radius 1 is 1.36 bits per heavy atom. The van der Waals surface area contributed by atoms with Gasteiger partial charge in [0.1, 0.15) is 5.82 Å². The number of halogens is 1. The molecule has 0 spiro atoms. The molecule has 1 fully saturated rings. The van der Waals surface area contributed by atoms with E-state index in [0.717, 1.165) is 50.5 Å². The van der Waals surface area contributed by atoms with Crippen LogP contribution < -0.4 is 16.5 Å². The lowest BCUT2D eigenvalue weighted by molar-refractivity contribution is 0.0387. The first-order chi connectivity index (χ1) is 13.7. The van der Waals surface area contributed by atoms with Gasteiger partial charge >= 0.3 is 0 Å². The van der Waals surface area contributed by atoms with Crippen LogP contribution in [0.3, 0.4) is 0 Å². The molecule has 1 saturated heterocycles. The number of hydrogen-bond donors (Lipinski definition) is 3. The van der Waals surface area contributed by atoms with Gasteiger partial charge in [0.05, 0.1) is 25.1 Å². The molecular weight excluding hydrogens is 357 g/mol. The maximum absolute atomic E-state index is 13.3. The Balaban J connectivity index is 1.63. The Labute approximate surface area is 165 Å². The third-order valence-corrected chi connectivity index (χ3v) is 4.92. The second-order valence-electron chi connectivity index (χ2n) is 6.85. The van der Waals surface area contributed by atoms with Crippen LogP contribution in [-0.4, -0.2) is 50.5 Å². The third-order valence-electron chi connectivity index (χ3n) is 4.92. The van der Waals surface area contributed by atoms with Crippen molar-refractivity contribution in [1.82, 2.24) is 15.6 Å². The van der Waals surface area contributed by atoms with Crippen LogP contribution in [0.5, 0.6) is 0 Å². The van der Waals surface area contributed by atoms with Gasteiger partial charge in [0, 0.05) is 38.3 Å². The average Bonchev–Trinajstić information content (AvgIpc) is 3.19. The van der Waals surface area contributed by atoms with Gasteiger partial charge in [-0.1, -0.05) is 30.9 Å². The molecule has 28 heavy (non-hydrogen) atoms. The first-order valence-electron chi connectivity index (χ1n) is 9.55. The summed E-state index contributed by atoms with van der Waals surface area (Å²) in [6.45, 7) is 8.98. The van der Waals surface area contributed by atoms with Crippen LogP contribution in [0.2, 0.25) is 0 Å². The Morgan fingerprint density at radius 2 is 2.11 bits per heavy atom. The van der Waals surface area contributed by atoms with Crippen LogP contribution in [0.25, 0.3) is 0 Å². The van der Waals surface area contributed by atoms with Crippen LogP contribution >= 0.6 is 0 Å². The summed E-state index contributed by atoms with van der Waals surface area (Å²) in [6, 6.07) is 6.38. The molecule has 4 N–H and O–H groups in total. The molecule has 2 atom stereocenters. The van der Waals surface area contributed by atoms with Crippen molar-refractivity contribution in [3.8, 4) is 0 Å². The first kappa shape index (κ1) is 20.1. The molecule has 2 unspecified atom stereocenters. The van der Waals surface area contributed by atoms with Crippen LogP contribution in [0.15, 0.2) is 65.6 Å². The van der Waals surface area contributed by atoms with Gasteiger partial charge in [-0.3, -0.25) is 4.90 Å². The lowest BCUT2D eigenvalue weighted by Gasteiger charge is -2.26. The number of ether oxygens (including phenoxy) is 1. The molecule has 6 nitrogen and oxygen atoms in total. The maximum Gasteiger partial charge on any atom is 0.123 e. The second-order valence-corrected chi connectivity index (χ2v) is 6.85. The first-order valence-corrected chi connectivity index (χ1v) is 9.55. The monoisotopic (exact) mass is 385 g/mol. The summed E-state index contributed by atoms with van der Waals surface area (Å²) in [5.41, 5.74) is 11.3. The number of nitrogens with zero attached hydrogens (tertiary/aromatic N) is 2. The molecule has 0 amide bonds. The molecule has 0 aliphatic carbocycles. The van der Waals surface area contributed by atoms with Crippen molar-refractivity contribution in [3.63, 3.8) is 0 Å². The molecule has 0 radical (unpaired) electrons.